The normalized spacial score (nSPS) is 12.8. The van der Waals surface area contributed by atoms with Gasteiger partial charge in [-0.25, -0.2) is 0 Å². The van der Waals surface area contributed by atoms with Gasteiger partial charge in [0.15, 0.2) is 0 Å². The van der Waals surface area contributed by atoms with Gasteiger partial charge < -0.3 is 13.9 Å². The number of para-hydroxylation sites is 5. The molecule has 3 heteroatoms. The topological polar surface area (TPSA) is 12.6 Å². The molecule has 10 aromatic carbocycles. The van der Waals surface area contributed by atoms with E-state index in [4.69, 9.17) is 0 Å². The highest BCUT2D eigenvalue weighted by atomic mass is 15.1. The van der Waals surface area contributed by atoms with E-state index in [1.807, 2.05) is 0 Å². The van der Waals surface area contributed by atoms with E-state index in [1.165, 1.54) is 77.1 Å². The Morgan fingerprint density at radius 3 is 1.61 bits per heavy atom. The summed E-state index contributed by atoms with van der Waals surface area (Å²) in [6.45, 7) is 4.71. The average Bonchev–Trinajstić information content (AvgIpc) is 3.82. The second-order valence-electron chi connectivity index (χ2n) is 18.1. The minimum atomic E-state index is -0.109. The number of hydrogen-bond acceptors (Lipinski definition) is 1. The zero-order valence-electron chi connectivity index (χ0n) is 36.9. The highest BCUT2D eigenvalue weighted by Gasteiger charge is 2.35. The Morgan fingerprint density at radius 2 is 0.864 bits per heavy atom. The molecule has 0 unspecified atom stereocenters. The Labute approximate surface area is 384 Å². The molecule has 0 fully saturated rings. The predicted octanol–water partition coefficient (Wildman–Crippen LogP) is 17.0. The molecule has 0 radical (unpaired) electrons. The lowest BCUT2D eigenvalue weighted by molar-refractivity contribution is 0.660. The van der Waals surface area contributed by atoms with Gasteiger partial charge in [-0.05, 0) is 123 Å². The van der Waals surface area contributed by atoms with E-state index >= 15 is 0 Å². The van der Waals surface area contributed by atoms with Crippen LogP contribution in [-0.4, -0.2) is 8.97 Å². The first-order valence-corrected chi connectivity index (χ1v) is 22.9. The van der Waals surface area contributed by atoms with Gasteiger partial charge in [0.1, 0.15) is 0 Å². The fourth-order valence-corrected chi connectivity index (χ4v) is 11.0. The van der Waals surface area contributed by atoms with Gasteiger partial charge >= 0.3 is 0 Å². The molecule has 0 saturated heterocycles. The van der Waals surface area contributed by atoms with Crippen LogP contribution in [0, 0.1) is 0 Å². The molecule has 0 atom stereocenters. The summed E-state index contributed by atoms with van der Waals surface area (Å²) in [4.78, 5) is 2.41. The Bertz CT molecular complexity index is 3870. The van der Waals surface area contributed by atoms with E-state index in [1.54, 1.807) is 0 Å². The summed E-state index contributed by atoms with van der Waals surface area (Å²) in [5, 5.41) is 4.90. The van der Waals surface area contributed by atoms with Crippen molar-refractivity contribution in [1.29, 1.82) is 0 Å². The van der Waals surface area contributed by atoms with Crippen molar-refractivity contribution in [1.82, 2.24) is 8.97 Å². The lowest BCUT2D eigenvalue weighted by atomic mass is 9.82. The summed E-state index contributed by atoms with van der Waals surface area (Å²) in [6, 6.07) is 86.9. The van der Waals surface area contributed by atoms with Crippen molar-refractivity contribution in [2.75, 3.05) is 4.90 Å². The summed E-state index contributed by atoms with van der Waals surface area (Å²) in [6.07, 6.45) is 0. The van der Waals surface area contributed by atoms with Crippen LogP contribution in [0.3, 0.4) is 0 Å². The molecule has 2 heterocycles. The zero-order chi connectivity index (χ0) is 43.9. The molecule has 0 amide bonds. The zero-order valence-corrected chi connectivity index (χ0v) is 36.9. The Hall–Kier alpha value is -8.40. The monoisotopic (exact) mass is 843 g/mol. The van der Waals surface area contributed by atoms with Gasteiger partial charge in [0.05, 0.1) is 27.6 Å². The molecule has 0 bridgehead atoms. The quantitative estimate of drug-likeness (QED) is 0.162. The molecule has 312 valence electrons. The maximum atomic E-state index is 2.49. The van der Waals surface area contributed by atoms with Crippen LogP contribution >= 0.6 is 0 Å². The van der Waals surface area contributed by atoms with Crippen LogP contribution in [0.25, 0.3) is 88.2 Å². The Kier molecular flexibility index (Phi) is 8.56. The van der Waals surface area contributed by atoms with Gasteiger partial charge in [-0.3, -0.25) is 0 Å². The summed E-state index contributed by atoms with van der Waals surface area (Å²) in [7, 11) is 0. The fourth-order valence-electron chi connectivity index (χ4n) is 11.0. The minimum absolute atomic E-state index is 0.109. The van der Waals surface area contributed by atoms with Gasteiger partial charge in [0, 0.05) is 49.7 Å². The highest BCUT2D eigenvalue weighted by Crippen LogP contribution is 2.51. The molecule has 0 spiro atoms. The molecule has 13 rings (SSSR count). The molecule has 1 aliphatic rings. The second kappa shape index (κ2) is 14.8. The number of anilines is 3. The third-order valence-corrected chi connectivity index (χ3v) is 14.1. The maximum absolute atomic E-state index is 2.49. The largest absolute Gasteiger partial charge is 0.310 e. The molecule has 1 aliphatic carbocycles. The maximum Gasteiger partial charge on any atom is 0.0703 e. The van der Waals surface area contributed by atoms with Crippen LogP contribution in [-0.2, 0) is 5.41 Å². The minimum Gasteiger partial charge on any atom is -0.310 e. The first kappa shape index (κ1) is 38.1. The summed E-state index contributed by atoms with van der Waals surface area (Å²) in [5.41, 5.74) is 20.4. The molecule has 0 aliphatic heterocycles. The van der Waals surface area contributed by atoms with Crippen molar-refractivity contribution in [3.05, 3.63) is 248 Å². The van der Waals surface area contributed by atoms with Gasteiger partial charge in [-0.1, -0.05) is 172 Å². The summed E-state index contributed by atoms with van der Waals surface area (Å²) in [5.74, 6) is 0. The van der Waals surface area contributed by atoms with Crippen LogP contribution in [0.15, 0.2) is 237 Å². The number of nitrogens with zero attached hydrogens (tertiary/aromatic N) is 3. The predicted molar refractivity (Wildman–Crippen MR) is 279 cm³/mol. The van der Waals surface area contributed by atoms with Crippen LogP contribution in [0.1, 0.15) is 25.0 Å². The highest BCUT2D eigenvalue weighted by molar-refractivity contribution is 6.21. The third kappa shape index (κ3) is 5.83. The Balaban J connectivity index is 0.968. The van der Waals surface area contributed by atoms with Crippen LogP contribution in [0.2, 0.25) is 0 Å². The Morgan fingerprint density at radius 1 is 0.333 bits per heavy atom. The van der Waals surface area contributed by atoms with Crippen molar-refractivity contribution < 1.29 is 0 Å². The van der Waals surface area contributed by atoms with Crippen LogP contribution < -0.4 is 4.90 Å². The van der Waals surface area contributed by atoms with E-state index in [9.17, 15) is 0 Å². The van der Waals surface area contributed by atoms with Gasteiger partial charge in [0.25, 0.3) is 0 Å². The van der Waals surface area contributed by atoms with E-state index in [2.05, 4.69) is 264 Å². The van der Waals surface area contributed by atoms with Crippen LogP contribution in [0.4, 0.5) is 17.1 Å². The smallest absolute Gasteiger partial charge is 0.0703 e. The van der Waals surface area contributed by atoms with E-state index in [0.29, 0.717) is 0 Å². The van der Waals surface area contributed by atoms with Gasteiger partial charge in [-0.2, -0.15) is 0 Å². The lowest BCUT2D eigenvalue weighted by Crippen LogP contribution is -2.16. The van der Waals surface area contributed by atoms with Gasteiger partial charge in [-0.15, -0.1) is 0 Å². The molecular weight excluding hydrogens is 799 g/mol. The standard InChI is InChI=1S/C63H45N3/c1-63(2)56-24-11-9-20-50(56)51-38-37-49(41-57(51)63)64(47-33-28-43(29-34-47)42-16-5-3-6-17-42)48-35-30-44(31-36-48)45-32-39-59-55(40-45)54-23-15-22-53-52-21-10-12-25-58(52)65(46-18-7-4-8-19-46)60-26-13-14-27-61(60)66(59)62(53)54/h3-41H,1-2H3. The van der Waals surface area contributed by atoms with Crippen LogP contribution in [0.5, 0.6) is 0 Å². The molecular formula is C63H45N3. The lowest BCUT2D eigenvalue weighted by Gasteiger charge is -2.28. The average molecular weight is 844 g/mol. The van der Waals surface area contributed by atoms with E-state index in [-0.39, 0.29) is 5.41 Å². The SMILES string of the molecule is CC1(C)c2ccccc2-c2ccc(N(c3ccc(-c4ccccc4)cc3)c3ccc(-c4ccc5c(c4)c4cccc6c7ccccc7n(-c7ccccc7)c7ccccc7n5c64)cc3)cc21. The second-order valence-corrected chi connectivity index (χ2v) is 18.1. The van der Waals surface area contributed by atoms with Gasteiger partial charge in [0.2, 0.25) is 0 Å². The van der Waals surface area contributed by atoms with Crippen molar-refractivity contribution in [2.24, 2.45) is 0 Å². The third-order valence-electron chi connectivity index (χ3n) is 14.1. The number of aromatic nitrogens is 2. The molecule has 2 aromatic heterocycles. The molecule has 3 nitrogen and oxygen atoms in total. The van der Waals surface area contributed by atoms with Crippen molar-refractivity contribution in [3.8, 4) is 39.1 Å². The first-order chi connectivity index (χ1) is 32.5. The van der Waals surface area contributed by atoms with Crippen molar-refractivity contribution >= 4 is 66.2 Å². The number of fused-ring (bicyclic) bond motifs is 10. The fraction of sp³-hybridized carbons (Fsp3) is 0.0476. The molecule has 66 heavy (non-hydrogen) atoms. The number of benzene rings is 10. The summed E-state index contributed by atoms with van der Waals surface area (Å²) >= 11 is 0. The summed E-state index contributed by atoms with van der Waals surface area (Å²) < 4.78 is 4.91. The molecule has 12 aromatic rings. The number of hydrogen-bond donors (Lipinski definition) is 0. The van der Waals surface area contributed by atoms with E-state index < -0.39 is 0 Å². The van der Waals surface area contributed by atoms with E-state index in [0.717, 1.165) is 39.3 Å². The molecule has 0 N–H and O–H groups in total. The van der Waals surface area contributed by atoms with Crippen molar-refractivity contribution in [3.63, 3.8) is 0 Å². The first-order valence-electron chi connectivity index (χ1n) is 22.9. The molecule has 0 saturated carbocycles. The van der Waals surface area contributed by atoms with Crippen molar-refractivity contribution in [2.45, 2.75) is 19.3 Å². The number of rotatable bonds is 6.